The van der Waals surface area contributed by atoms with E-state index in [0.717, 1.165) is 17.5 Å². The quantitative estimate of drug-likeness (QED) is 0.777. The van der Waals surface area contributed by atoms with E-state index in [1.807, 2.05) is 6.07 Å². The van der Waals surface area contributed by atoms with Crippen LogP contribution in [0.2, 0.25) is 0 Å². The maximum absolute atomic E-state index is 11.3. The van der Waals surface area contributed by atoms with E-state index in [4.69, 9.17) is 10.5 Å². The van der Waals surface area contributed by atoms with E-state index in [1.54, 1.807) is 24.5 Å². The van der Waals surface area contributed by atoms with Crippen LogP contribution in [0.4, 0.5) is 16.3 Å². The van der Waals surface area contributed by atoms with Crippen LogP contribution >= 0.6 is 0 Å². The zero-order valence-electron chi connectivity index (χ0n) is 15.7. The molecule has 0 aliphatic rings. The molecule has 140 valence electrons. The van der Waals surface area contributed by atoms with Gasteiger partial charge in [0.1, 0.15) is 5.82 Å². The predicted octanol–water partition coefficient (Wildman–Crippen LogP) is 3.97. The molecule has 2 heterocycles. The fourth-order valence-electron chi connectivity index (χ4n) is 2.68. The normalized spacial score (nSPS) is 11.9. The number of nitrogens with one attached hydrogen (secondary N) is 1. The van der Waals surface area contributed by atoms with Crippen molar-refractivity contribution >= 4 is 17.6 Å². The number of nitrogen functional groups attached to an aromatic ring is 1. The lowest BCUT2D eigenvalue weighted by molar-refractivity contribution is 0.187. The van der Waals surface area contributed by atoms with E-state index >= 15 is 0 Å². The van der Waals surface area contributed by atoms with Crippen LogP contribution in [-0.4, -0.2) is 29.8 Å². The summed E-state index contributed by atoms with van der Waals surface area (Å²) in [5, 5.41) is 2.53. The summed E-state index contributed by atoms with van der Waals surface area (Å²) in [6.07, 6.45) is 3.79. The van der Waals surface area contributed by atoms with Gasteiger partial charge in [0, 0.05) is 18.0 Å². The number of aromatic nitrogens is 2. The molecule has 1 amide bonds. The molecular weight excluding hydrogens is 332 g/mol. The Kier molecular flexibility index (Phi) is 6.77. The molecule has 2 aromatic rings. The Morgan fingerprint density at radius 2 is 2.00 bits per heavy atom. The third kappa shape index (κ3) is 5.61. The van der Waals surface area contributed by atoms with Crippen LogP contribution in [-0.2, 0) is 4.74 Å². The smallest absolute Gasteiger partial charge is 0.412 e. The van der Waals surface area contributed by atoms with Crippen molar-refractivity contribution in [2.24, 2.45) is 11.8 Å². The first-order valence-corrected chi connectivity index (χ1v) is 8.58. The molecule has 0 bridgehead atoms. The first-order valence-electron chi connectivity index (χ1n) is 8.58. The van der Waals surface area contributed by atoms with Gasteiger partial charge in [0.15, 0.2) is 0 Å². The molecule has 1 atom stereocenters. The van der Waals surface area contributed by atoms with Crippen LogP contribution in [0, 0.1) is 11.8 Å². The molecule has 3 N–H and O–H groups in total. The van der Waals surface area contributed by atoms with E-state index in [-0.39, 0.29) is 0 Å². The van der Waals surface area contributed by atoms with E-state index in [0.29, 0.717) is 35.8 Å². The molecule has 0 aliphatic carbocycles. The highest BCUT2D eigenvalue weighted by atomic mass is 16.5. The Hall–Kier alpha value is -2.83. The minimum atomic E-state index is -0.577. The second-order valence-corrected chi connectivity index (χ2v) is 6.71. The molecule has 0 aromatic carbocycles. The minimum absolute atomic E-state index is 0.385. The van der Waals surface area contributed by atoms with Gasteiger partial charge in [0.2, 0.25) is 5.88 Å². The lowest BCUT2D eigenvalue weighted by atomic mass is 10.00. The third-order valence-electron chi connectivity index (χ3n) is 3.77. The first-order chi connectivity index (χ1) is 12.4. The van der Waals surface area contributed by atoms with Gasteiger partial charge in [-0.1, -0.05) is 20.8 Å². The van der Waals surface area contributed by atoms with Gasteiger partial charge >= 0.3 is 6.09 Å². The third-order valence-corrected chi connectivity index (χ3v) is 3.77. The molecule has 0 radical (unpaired) electrons. The Morgan fingerprint density at radius 1 is 1.23 bits per heavy atom. The first kappa shape index (κ1) is 19.5. The summed E-state index contributed by atoms with van der Waals surface area (Å²) in [6.45, 7) is 7.11. The summed E-state index contributed by atoms with van der Waals surface area (Å²) in [5.74, 6) is 1.88. The van der Waals surface area contributed by atoms with Crippen molar-refractivity contribution in [2.75, 3.05) is 24.8 Å². The highest BCUT2D eigenvalue weighted by molar-refractivity contribution is 5.84. The highest BCUT2D eigenvalue weighted by Crippen LogP contribution is 2.27. The molecule has 7 nitrogen and oxygen atoms in total. The number of carbonyl (C=O) groups is 1. The second kappa shape index (κ2) is 9.03. The molecule has 0 aliphatic heterocycles. The fraction of sp³-hybridized carbons (Fsp3) is 0.421. The average Bonchev–Trinajstić information content (AvgIpc) is 2.60. The van der Waals surface area contributed by atoms with Crippen LogP contribution in [0.1, 0.15) is 27.2 Å². The Bertz CT molecular complexity index is 749. The van der Waals surface area contributed by atoms with Gasteiger partial charge in [0.05, 0.1) is 19.4 Å². The molecule has 1 unspecified atom stereocenters. The van der Waals surface area contributed by atoms with Crippen LogP contribution in [0.25, 0.3) is 11.1 Å². The van der Waals surface area contributed by atoms with E-state index in [1.165, 1.54) is 7.11 Å². The summed E-state index contributed by atoms with van der Waals surface area (Å²) in [7, 11) is 1.30. The van der Waals surface area contributed by atoms with Gasteiger partial charge in [-0.05, 0) is 42.0 Å². The summed E-state index contributed by atoms with van der Waals surface area (Å²) in [6, 6.07) is 5.33. The lowest BCUT2D eigenvalue weighted by Gasteiger charge is -2.15. The van der Waals surface area contributed by atoms with Crippen molar-refractivity contribution in [1.82, 2.24) is 9.97 Å². The monoisotopic (exact) mass is 358 g/mol. The van der Waals surface area contributed by atoms with Crippen LogP contribution in [0.15, 0.2) is 30.6 Å². The standard InChI is InChI=1S/C19H26N4O3/c1-12(2)7-13(3)11-26-18-16(20)8-15(10-22-18)14-5-6-21-17(9-14)23-19(24)25-4/h5-6,8-10,12-13H,7,11,20H2,1-4H3,(H,21,23,24). The number of ether oxygens (including phenoxy) is 2. The summed E-state index contributed by atoms with van der Waals surface area (Å²) in [5.41, 5.74) is 8.19. The number of nitrogens with two attached hydrogens (primary N) is 1. The van der Waals surface area contributed by atoms with Gasteiger partial charge in [-0.3, -0.25) is 5.32 Å². The summed E-state index contributed by atoms with van der Waals surface area (Å²) >= 11 is 0. The number of amides is 1. The van der Waals surface area contributed by atoms with Gasteiger partial charge < -0.3 is 15.2 Å². The van der Waals surface area contributed by atoms with Crippen molar-refractivity contribution in [3.8, 4) is 17.0 Å². The van der Waals surface area contributed by atoms with Crippen LogP contribution in [0.5, 0.6) is 5.88 Å². The van der Waals surface area contributed by atoms with Crippen LogP contribution < -0.4 is 15.8 Å². The van der Waals surface area contributed by atoms with Gasteiger partial charge in [-0.2, -0.15) is 0 Å². The van der Waals surface area contributed by atoms with Gasteiger partial charge in [-0.25, -0.2) is 14.8 Å². The molecule has 2 aromatic heterocycles. The number of hydrogen-bond donors (Lipinski definition) is 2. The second-order valence-electron chi connectivity index (χ2n) is 6.71. The van der Waals surface area contributed by atoms with Crippen molar-refractivity contribution in [3.63, 3.8) is 0 Å². The summed E-state index contributed by atoms with van der Waals surface area (Å²) in [4.78, 5) is 19.7. The zero-order chi connectivity index (χ0) is 19.1. The number of carbonyl (C=O) groups excluding carboxylic acids is 1. The predicted molar refractivity (Wildman–Crippen MR) is 102 cm³/mol. The van der Waals surface area contributed by atoms with Crippen molar-refractivity contribution in [2.45, 2.75) is 27.2 Å². The number of anilines is 2. The number of hydrogen-bond acceptors (Lipinski definition) is 6. The minimum Gasteiger partial charge on any atom is -0.476 e. The SMILES string of the molecule is COC(=O)Nc1cc(-c2cnc(OCC(C)CC(C)C)c(N)c2)ccn1. The fourth-order valence-corrected chi connectivity index (χ4v) is 2.68. The molecule has 0 spiro atoms. The zero-order valence-corrected chi connectivity index (χ0v) is 15.7. The Labute approximate surface area is 153 Å². The lowest BCUT2D eigenvalue weighted by Crippen LogP contribution is -2.12. The van der Waals surface area contributed by atoms with Crippen molar-refractivity contribution < 1.29 is 14.3 Å². The van der Waals surface area contributed by atoms with Gasteiger partial charge in [-0.15, -0.1) is 0 Å². The maximum atomic E-state index is 11.3. The largest absolute Gasteiger partial charge is 0.476 e. The molecule has 26 heavy (non-hydrogen) atoms. The number of methoxy groups -OCH3 is 1. The molecular formula is C19H26N4O3. The molecule has 7 heteroatoms. The summed E-state index contributed by atoms with van der Waals surface area (Å²) < 4.78 is 10.3. The molecule has 0 saturated carbocycles. The molecule has 0 fully saturated rings. The number of nitrogens with zero attached hydrogens (tertiary/aromatic N) is 2. The van der Waals surface area contributed by atoms with Crippen molar-refractivity contribution in [3.05, 3.63) is 30.6 Å². The van der Waals surface area contributed by atoms with E-state index in [9.17, 15) is 4.79 Å². The van der Waals surface area contributed by atoms with Crippen molar-refractivity contribution in [1.29, 1.82) is 0 Å². The highest BCUT2D eigenvalue weighted by Gasteiger charge is 2.11. The molecule has 0 saturated heterocycles. The topological polar surface area (TPSA) is 99.4 Å². The van der Waals surface area contributed by atoms with E-state index < -0.39 is 6.09 Å². The van der Waals surface area contributed by atoms with E-state index in [2.05, 4.69) is 40.8 Å². The Morgan fingerprint density at radius 3 is 2.65 bits per heavy atom. The average molecular weight is 358 g/mol. The maximum Gasteiger partial charge on any atom is 0.412 e. The molecule has 2 rings (SSSR count). The van der Waals surface area contributed by atoms with Gasteiger partial charge in [0.25, 0.3) is 0 Å². The Balaban J connectivity index is 2.09. The number of pyridine rings is 2. The van der Waals surface area contributed by atoms with Crippen LogP contribution in [0.3, 0.4) is 0 Å². The number of rotatable bonds is 7.